The first-order valence-electron chi connectivity index (χ1n) is 3.82. The first-order chi connectivity index (χ1) is 5.25. The van der Waals surface area contributed by atoms with Gasteiger partial charge in [0.2, 0.25) is 0 Å². The van der Waals surface area contributed by atoms with Gasteiger partial charge in [0.15, 0.2) is 0 Å². The molecule has 2 atom stereocenters. The average molecular weight is 165 g/mol. The number of halogens is 2. The average Bonchev–Trinajstić information content (AvgIpc) is 2.40. The van der Waals surface area contributed by atoms with Gasteiger partial charge in [0, 0.05) is 6.61 Å². The molecule has 1 aliphatic rings. The van der Waals surface area contributed by atoms with Crippen molar-refractivity contribution < 1.29 is 13.5 Å². The lowest BCUT2D eigenvalue weighted by Gasteiger charge is -2.20. The van der Waals surface area contributed by atoms with E-state index in [0.29, 0.717) is 6.61 Å². The zero-order valence-corrected chi connectivity index (χ0v) is 6.52. The van der Waals surface area contributed by atoms with Gasteiger partial charge in [-0.25, -0.2) is 8.78 Å². The summed E-state index contributed by atoms with van der Waals surface area (Å²) in [4.78, 5) is 0. The van der Waals surface area contributed by atoms with E-state index in [9.17, 15) is 8.78 Å². The fourth-order valence-electron chi connectivity index (χ4n) is 1.36. The normalized spacial score (nSPS) is 27.8. The van der Waals surface area contributed by atoms with Crippen molar-refractivity contribution in [3.63, 3.8) is 0 Å². The number of hydrogen-bond acceptors (Lipinski definition) is 2. The van der Waals surface area contributed by atoms with E-state index in [4.69, 9.17) is 4.74 Å². The maximum atomic E-state index is 12.2. The Morgan fingerprint density at radius 3 is 2.64 bits per heavy atom. The van der Waals surface area contributed by atoms with Crippen LogP contribution < -0.4 is 5.32 Å². The second-order valence-corrected chi connectivity index (χ2v) is 2.70. The molecule has 0 amide bonds. The van der Waals surface area contributed by atoms with Gasteiger partial charge in [0.1, 0.15) is 0 Å². The van der Waals surface area contributed by atoms with E-state index >= 15 is 0 Å². The smallest absolute Gasteiger partial charge is 0.256 e. The van der Waals surface area contributed by atoms with E-state index in [1.807, 2.05) is 0 Å². The van der Waals surface area contributed by atoms with Gasteiger partial charge < -0.3 is 10.1 Å². The van der Waals surface area contributed by atoms with Crippen molar-refractivity contribution in [1.82, 2.24) is 5.32 Å². The maximum absolute atomic E-state index is 12.2. The largest absolute Gasteiger partial charge is 0.376 e. The maximum Gasteiger partial charge on any atom is 0.256 e. The number of ether oxygens (including phenoxy) is 1. The van der Waals surface area contributed by atoms with Crippen LogP contribution in [0.25, 0.3) is 0 Å². The summed E-state index contributed by atoms with van der Waals surface area (Å²) in [5.41, 5.74) is 0. The predicted molar refractivity (Wildman–Crippen MR) is 37.8 cm³/mol. The monoisotopic (exact) mass is 165 g/mol. The van der Waals surface area contributed by atoms with Gasteiger partial charge in [0.25, 0.3) is 6.43 Å². The molecule has 1 N–H and O–H groups in total. The zero-order chi connectivity index (χ0) is 8.27. The van der Waals surface area contributed by atoms with Gasteiger partial charge >= 0.3 is 0 Å². The van der Waals surface area contributed by atoms with E-state index in [0.717, 1.165) is 12.8 Å². The SMILES string of the molecule is CNC(C(F)F)C1CCCO1. The van der Waals surface area contributed by atoms with Crippen molar-refractivity contribution >= 4 is 0 Å². The Balaban J connectivity index is 2.40. The van der Waals surface area contributed by atoms with Crippen molar-refractivity contribution in [2.24, 2.45) is 0 Å². The topological polar surface area (TPSA) is 21.3 Å². The minimum absolute atomic E-state index is 0.292. The molecule has 11 heavy (non-hydrogen) atoms. The van der Waals surface area contributed by atoms with E-state index in [-0.39, 0.29) is 6.10 Å². The highest BCUT2D eigenvalue weighted by atomic mass is 19.3. The molecule has 0 aromatic carbocycles. The molecule has 0 aromatic rings. The molecule has 0 saturated carbocycles. The van der Waals surface area contributed by atoms with Gasteiger partial charge in [-0.15, -0.1) is 0 Å². The summed E-state index contributed by atoms with van der Waals surface area (Å²) in [6.07, 6.45) is -0.978. The van der Waals surface area contributed by atoms with Crippen LogP contribution in [0, 0.1) is 0 Å². The molecule has 66 valence electrons. The molecular formula is C7H13F2NO. The van der Waals surface area contributed by atoms with Crippen molar-refractivity contribution in [2.45, 2.75) is 31.4 Å². The molecule has 0 radical (unpaired) electrons. The third-order valence-corrected chi connectivity index (χ3v) is 1.97. The van der Waals surface area contributed by atoms with Crippen molar-refractivity contribution in [3.8, 4) is 0 Å². The van der Waals surface area contributed by atoms with Crippen LogP contribution in [0.4, 0.5) is 8.78 Å². The van der Waals surface area contributed by atoms with Crippen LogP contribution >= 0.6 is 0 Å². The van der Waals surface area contributed by atoms with E-state index in [2.05, 4.69) is 5.32 Å². The van der Waals surface area contributed by atoms with Crippen LogP contribution in [0.5, 0.6) is 0 Å². The Morgan fingerprint density at radius 2 is 2.27 bits per heavy atom. The second-order valence-electron chi connectivity index (χ2n) is 2.70. The van der Waals surface area contributed by atoms with Gasteiger partial charge in [-0.2, -0.15) is 0 Å². The summed E-state index contributed by atoms with van der Waals surface area (Å²) in [5, 5.41) is 2.57. The summed E-state index contributed by atoms with van der Waals surface area (Å²) in [7, 11) is 1.54. The fourth-order valence-corrected chi connectivity index (χ4v) is 1.36. The summed E-state index contributed by atoms with van der Waals surface area (Å²) < 4.78 is 29.5. The fraction of sp³-hybridized carbons (Fsp3) is 1.00. The summed E-state index contributed by atoms with van der Waals surface area (Å²) in [6, 6.07) is -0.794. The lowest BCUT2D eigenvalue weighted by Crippen LogP contribution is -2.43. The van der Waals surface area contributed by atoms with E-state index in [1.54, 1.807) is 7.05 Å². The summed E-state index contributed by atoms with van der Waals surface area (Å²) in [6.45, 7) is 0.621. The van der Waals surface area contributed by atoms with Crippen LogP contribution in [0.1, 0.15) is 12.8 Å². The van der Waals surface area contributed by atoms with Crippen molar-refractivity contribution in [2.75, 3.05) is 13.7 Å². The first-order valence-corrected chi connectivity index (χ1v) is 3.82. The molecule has 1 saturated heterocycles. The van der Waals surface area contributed by atoms with Crippen molar-refractivity contribution in [3.05, 3.63) is 0 Å². The highest BCUT2D eigenvalue weighted by molar-refractivity contribution is 4.80. The molecule has 2 unspecified atom stereocenters. The number of nitrogens with one attached hydrogen (secondary N) is 1. The molecule has 1 rings (SSSR count). The second kappa shape index (κ2) is 3.97. The first kappa shape index (κ1) is 8.87. The van der Waals surface area contributed by atoms with Crippen molar-refractivity contribution in [1.29, 1.82) is 0 Å². The van der Waals surface area contributed by atoms with E-state index in [1.165, 1.54) is 0 Å². The standard InChI is InChI=1S/C7H13F2NO/c1-10-6(7(8)9)5-3-2-4-11-5/h5-7,10H,2-4H2,1H3. The molecule has 1 aliphatic heterocycles. The molecule has 2 nitrogen and oxygen atoms in total. The van der Waals surface area contributed by atoms with Gasteiger partial charge in [-0.1, -0.05) is 0 Å². The number of rotatable bonds is 3. The molecule has 0 aromatic heterocycles. The highest BCUT2D eigenvalue weighted by Crippen LogP contribution is 2.19. The molecule has 4 heteroatoms. The Hall–Kier alpha value is -0.220. The Kier molecular flexibility index (Phi) is 3.20. The third kappa shape index (κ3) is 2.10. The highest BCUT2D eigenvalue weighted by Gasteiger charge is 2.31. The van der Waals surface area contributed by atoms with Crippen LogP contribution in [0.2, 0.25) is 0 Å². The Morgan fingerprint density at radius 1 is 1.55 bits per heavy atom. The quantitative estimate of drug-likeness (QED) is 0.674. The molecular weight excluding hydrogens is 152 g/mol. The minimum atomic E-state index is -2.33. The van der Waals surface area contributed by atoms with Gasteiger partial charge in [-0.05, 0) is 19.9 Å². The molecule has 1 heterocycles. The lowest BCUT2D eigenvalue weighted by atomic mass is 10.1. The van der Waals surface area contributed by atoms with Crippen LogP contribution in [-0.4, -0.2) is 32.2 Å². The number of alkyl halides is 2. The van der Waals surface area contributed by atoms with Crippen LogP contribution in [0.3, 0.4) is 0 Å². The molecule has 0 bridgehead atoms. The summed E-state index contributed by atoms with van der Waals surface area (Å²) in [5.74, 6) is 0. The van der Waals surface area contributed by atoms with E-state index < -0.39 is 12.5 Å². The zero-order valence-electron chi connectivity index (χ0n) is 6.52. The molecule has 0 spiro atoms. The minimum Gasteiger partial charge on any atom is -0.376 e. The Bertz CT molecular complexity index is 115. The third-order valence-electron chi connectivity index (χ3n) is 1.97. The van der Waals surface area contributed by atoms with Crippen LogP contribution in [-0.2, 0) is 4.74 Å². The predicted octanol–water partition coefficient (Wildman–Crippen LogP) is 1.02. The van der Waals surface area contributed by atoms with Gasteiger partial charge in [0.05, 0.1) is 12.1 Å². The van der Waals surface area contributed by atoms with Gasteiger partial charge in [-0.3, -0.25) is 0 Å². The number of hydrogen-bond donors (Lipinski definition) is 1. The number of likely N-dealkylation sites (N-methyl/N-ethyl adjacent to an activating group) is 1. The Labute approximate surface area is 64.9 Å². The van der Waals surface area contributed by atoms with Crippen LogP contribution in [0.15, 0.2) is 0 Å². The molecule has 0 aliphatic carbocycles. The lowest BCUT2D eigenvalue weighted by molar-refractivity contribution is 0.00526. The summed E-state index contributed by atoms with van der Waals surface area (Å²) >= 11 is 0. The molecule has 1 fully saturated rings.